The lowest BCUT2D eigenvalue weighted by Crippen LogP contribution is -2.40. The van der Waals surface area contributed by atoms with Crippen LogP contribution in [-0.2, 0) is 4.79 Å². The summed E-state index contributed by atoms with van der Waals surface area (Å²) in [6, 6.07) is 0.146. The van der Waals surface area contributed by atoms with E-state index in [1.54, 1.807) is 0 Å². The molecule has 0 heterocycles. The first-order valence-electron chi connectivity index (χ1n) is 7.18. The van der Waals surface area contributed by atoms with Crippen molar-refractivity contribution in [2.24, 2.45) is 17.8 Å². The first kappa shape index (κ1) is 15.8. The minimum atomic E-state index is -0.805. The summed E-state index contributed by atoms with van der Waals surface area (Å²) in [6.07, 6.45) is 3.08. The molecular weight excluding hydrogens is 244 g/mol. The Morgan fingerprint density at radius 3 is 2.53 bits per heavy atom. The summed E-state index contributed by atoms with van der Waals surface area (Å²) in [4.78, 5) is 22.4. The van der Waals surface area contributed by atoms with E-state index in [-0.39, 0.29) is 18.4 Å². The number of nitrogens with one attached hydrogen (secondary N) is 2. The number of aliphatic carboxylic acids is 1. The summed E-state index contributed by atoms with van der Waals surface area (Å²) >= 11 is 0. The van der Waals surface area contributed by atoms with Gasteiger partial charge >= 0.3 is 12.0 Å². The quantitative estimate of drug-likeness (QED) is 0.633. The summed E-state index contributed by atoms with van der Waals surface area (Å²) in [5, 5.41) is 14.6. The van der Waals surface area contributed by atoms with Crippen molar-refractivity contribution in [1.29, 1.82) is 0 Å². The van der Waals surface area contributed by atoms with Crippen LogP contribution in [0.5, 0.6) is 0 Å². The third-order valence-electron chi connectivity index (χ3n) is 3.58. The van der Waals surface area contributed by atoms with E-state index in [9.17, 15) is 9.59 Å². The Hall–Kier alpha value is -1.26. The number of urea groups is 1. The zero-order valence-electron chi connectivity index (χ0n) is 12.1. The maximum absolute atomic E-state index is 11.7. The van der Waals surface area contributed by atoms with Crippen molar-refractivity contribution in [2.45, 2.75) is 52.5 Å². The van der Waals surface area contributed by atoms with Crippen LogP contribution in [0, 0.1) is 17.8 Å². The summed E-state index contributed by atoms with van der Waals surface area (Å²) in [7, 11) is 0. The number of carboxylic acids is 1. The van der Waals surface area contributed by atoms with E-state index >= 15 is 0 Å². The van der Waals surface area contributed by atoms with E-state index in [4.69, 9.17) is 5.11 Å². The Kier molecular flexibility index (Phi) is 6.12. The molecule has 0 saturated heterocycles. The van der Waals surface area contributed by atoms with Crippen molar-refractivity contribution in [2.75, 3.05) is 6.54 Å². The Balaban J connectivity index is 2.26. The van der Waals surface area contributed by atoms with E-state index in [1.165, 1.54) is 0 Å². The number of amides is 2. The van der Waals surface area contributed by atoms with Gasteiger partial charge in [0.05, 0.1) is 0 Å². The predicted molar refractivity (Wildman–Crippen MR) is 73.9 cm³/mol. The summed E-state index contributed by atoms with van der Waals surface area (Å²) in [5.41, 5.74) is 0. The highest BCUT2D eigenvalue weighted by atomic mass is 16.4. The number of hydrogen-bond donors (Lipinski definition) is 3. The van der Waals surface area contributed by atoms with Crippen molar-refractivity contribution in [1.82, 2.24) is 10.6 Å². The highest BCUT2D eigenvalue weighted by molar-refractivity contribution is 5.74. The minimum absolute atomic E-state index is 0.00410. The summed E-state index contributed by atoms with van der Waals surface area (Å²) < 4.78 is 0. The van der Waals surface area contributed by atoms with Crippen LogP contribution in [0.4, 0.5) is 4.79 Å². The second kappa shape index (κ2) is 7.36. The zero-order valence-corrected chi connectivity index (χ0v) is 12.1. The first-order valence-corrected chi connectivity index (χ1v) is 7.18. The molecule has 5 heteroatoms. The molecule has 5 nitrogen and oxygen atoms in total. The Bertz CT molecular complexity index is 318. The third kappa shape index (κ3) is 6.45. The van der Waals surface area contributed by atoms with E-state index in [0.29, 0.717) is 24.4 Å². The van der Waals surface area contributed by atoms with Gasteiger partial charge in [0.25, 0.3) is 0 Å². The van der Waals surface area contributed by atoms with Crippen LogP contribution in [-0.4, -0.2) is 29.7 Å². The molecule has 110 valence electrons. The van der Waals surface area contributed by atoms with Gasteiger partial charge < -0.3 is 15.7 Å². The van der Waals surface area contributed by atoms with Gasteiger partial charge in [-0.25, -0.2) is 4.79 Å². The Labute approximate surface area is 115 Å². The molecule has 0 aliphatic heterocycles. The molecule has 1 aliphatic carbocycles. The predicted octanol–water partition coefficient (Wildman–Crippen LogP) is 2.22. The van der Waals surface area contributed by atoms with Crippen molar-refractivity contribution in [3.05, 3.63) is 0 Å². The van der Waals surface area contributed by atoms with Crippen LogP contribution in [0.25, 0.3) is 0 Å². The molecule has 0 bridgehead atoms. The molecule has 1 aliphatic rings. The lowest BCUT2D eigenvalue weighted by atomic mass is 9.94. The average molecular weight is 270 g/mol. The SMILES string of the molecule is CCC1CC1NC(=O)NCC(CC(=O)O)CC(C)C. The maximum atomic E-state index is 11.7. The number of carbonyl (C=O) groups is 2. The lowest BCUT2D eigenvalue weighted by Gasteiger charge is -2.18. The van der Waals surface area contributed by atoms with E-state index < -0.39 is 5.97 Å². The molecule has 0 radical (unpaired) electrons. The van der Waals surface area contributed by atoms with E-state index in [0.717, 1.165) is 19.3 Å². The number of carbonyl (C=O) groups excluding carboxylic acids is 1. The smallest absolute Gasteiger partial charge is 0.315 e. The maximum Gasteiger partial charge on any atom is 0.315 e. The van der Waals surface area contributed by atoms with Gasteiger partial charge in [-0.1, -0.05) is 27.2 Å². The largest absolute Gasteiger partial charge is 0.481 e. The molecule has 0 aromatic heterocycles. The van der Waals surface area contributed by atoms with Gasteiger partial charge in [-0.2, -0.15) is 0 Å². The van der Waals surface area contributed by atoms with E-state index in [1.807, 2.05) is 0 Å². The normalized spacial score (nSPS) is 22.9. The van der Waals surface area contributed by atoms with Gasteiger partial charge in [-0.05, 0) is 30.6 Å². The van der Waals surface area contributed by atoms with Crippen LogP contribution in [0.3, 0.4) is 0 Å². The highest BCUT2D eigenvalue weighted by Crippen LogP contribution is 2.32. The second-order valence-electron chi connectivity index (χ2n) is 5.96. The molecule has 1 fully saturated rings. The zero-order chi connectivity index (χ0) is 14.4. The lowest BCUT2D eigenvalue weighted by molar-refractivity contribution is -0.138. The molecule has 0 aromatic carbocycles. The molecule has 2 amide bonds. The molecule has 3 atom stereocenters. The average Bonchev–Trinajstić information content (AvgIpc) is 3.03. The monoisotopic (exact) mass is 270 g/mol. The second-order valence-corrected chi connectivity index (χ2v) is 5.96. The van der Waals surface area contributed by atoms with Gasteiger partial charge in [-0.3, -0.25) is 4.79 Å². The van der Waals surface area contributed by atoms with Crippen molar-refractivity contribution in [3.63, 3.8) is 0 Å². The molecule has 0 aromatic rings. The van der Waals surface area contributed by atoms with E-state index in [2.05, 4.69) is 31.4 Å². The van der Waals surface area contributed by atoms with Crippen molar-refractivity contribution >= 4 is 12.0 Å². The van der Waals surface area contributed by atoms with Gasteiger partial charge in [0.15, 0.2) is 0 Å². The molecule has 1 saturated carbocycles. The first-order chi connectivity index (χ1) is 8.92. The number of rotatable bonds is 8. The van der Waals surface area contributed by atoms with Crippen molar-refractivity contribution in [3.8, 4) is 0 Å². The number of carboxylic acid groups (broad SMARTS) is 1. The fourth-order valence-electron chi connectivity index (χ4n) is 2.48. The van der Waals surface area contributed by atoms with Crippen LogP contribution >= 0.6 is 0 Å². The van der Waals surface area contributed by atoms with Crippen LogP contribution in [0.15, 0.2) is 0 Å². The minimum Gasteiger partial charge on any atom is -0.481 e. The molecular formula is C14H26N2O3. The van der Waals surface area contributed by atoms with Crippen LogP contribution in [0.2, 0.25) is 0 Å². The molecule has 1 rings (SSSR count). The van der Waals surface area contributed by atoms with Gasteiger partial charge in [0, 0.05) is 19.0 Å². The highest BCUT2D eigenvalue weighted by Gasteiger charge is 2.36. The van der Waals surface area contributed by atoms with Gasteiger partial charge in [0.2, 0.25) is 0 Å². The van der Waals surface area contributed by atoms with Crippen LogP contribution in [0.1, 0.15) is 46.5 Å². The Morgan fingerprint density at radius 2 is 2.05 bits per heavy atom. The fourth-order valence-corrected chi connectivity index (χ4v) is 2.48. The molecule has 3 unspecified atom stereocenters. The fraction of sp³-hybridized carbons (Fsp3) is 0.857. The van der Waals surface area contributed by atoms with Crippen LogP contribution < -0.4 is 10.6 Å². The summed E-state index contributed by atoms with van der Waals surface area (Å²) in [5.74, 6) is 0.254. The van der Waals surface area contributed by atoms with Gasteiger partial charge in [0.1, 0.15) is 0 Å². The number of hydrogen-bond acceptors (Lipinski definition) is 2. The topological polar surface area (TPSA) is 78.4 Å². The third-order valence-corrected chi connectivity index (χ3v) is 3.58. The van der Waals surface area contributed by atoms with Gasteiger partial charge in [-0.15, -0.1) is 0 Å². The molecule has 3 N–H and O–H groups in total. The molecule has 0 spiro atoms. The molecule has 19 heavy (non-hydrogen) atoms. The standard InChI is InChI=1S/C14H26N2O3/c1-4-11-7-12(11)16-14(19)15-8-10(5-9(2)3)6-13(17)18/h9-12H,4-8H2,1-3H3,(H,17,18)(H2,15,16,19). The summed E-state index contributed by atoms with van der Waals surface area (Å²) in [6.45, 7) is 6.67. The Morgan fingerprint density at radius 1 is 1.37 bits per heavy atom. The van der Waals surface area contributed by atoms with Crippen molar-refractivity contribution < 1.29 is 14.7 Å².